The lowest BCUT2D eigenvalue weighted by Gasteiger charge is -2.27. The average Bonchev–Trinajstić information content (AvgIpc) is 2.60. The maximum Gasteiger partial charge on any atom is 0.126 e. The van der Waals surface area contributed by atoms with Crippen molar-refractivity contribution in [1.82, 2.24) is 5.32 Å². The molecule has 3 heteroatoms. The first kappa shape index (κ1) is 14.3. The average molecular weight is 265 g/mol. The lowest BCUT2D eigenvalue weighted by molar-refractivity contribution is 0.144. The lowest BCUT2D eigenvalue weighted by atomic mass is 10.1. The molecule has 0 amide bonds. The Morgan fingerprint density at radius 3 is 2.84 bits per heavy atom. The summed E-state index contributed by atoms with van der Waals surface area (Å²) >= 11 is 0. The second kappa shape index (κ2) is 6.90. The number of hydrogen-bond acceptors (Lipinski definition) is 2. The van der Waals surface area contributed by atoms with Crippen molar-refractivity contribution in [3.8, 4) is 5.75 Å². The summed E-state index contributed by atoms with van der Waals surface area (Å²) in [4.78, 5) is 0. The molecule has 2 nitrogen and oxygen atoms in total. The van der Waals surface area contributed by atoms with Gasteiger partial charge in [-0.25, -0.2) is 4.39 Å². The zero-order valence-corrected chi connectivity index (χ0v) is 11.9. The van der Waals surface area contributed by atoms with E-state index >= 15 is 0 Å². The van der Waals surface area contributed by atoms with Gasteiger partial charge in [0.15, 0.2) is 0 Å². The molecule has 1 aromatic rings. The van der Waals surface area contributed by atoms with Crippen LogP contribution >= 0.6 is 0 Å². The van der Waals surface area contributed by atoms with Crippen molar-refractivity contribution in [2.24, 2.45) is 0 Å². The smallest absolute Gasteiger partial charge is 0.126 e. The monoisotopic (exact) mass is 265 g/mol. The minimum Gasteiger partial charge on any atom is -0.488 e. The number of likely N-dealkylation sites (N-methyl/N-ethyl adjacent to an activating group) is 1. The van der Waals surface area contributed by atoms with E-state index in [1.54, 1.807) is 6.07 Å². The molecule has 0 spiro atoms. The zero-order valence-electron chi connectivity index (χ0n) is 11.9. The van der Waals surface area contributed by atoms with E-state index in [1.807, 2.05) is 6.92 Å². The first-order valence-corrected chi connectivity index (χ1v) is 7.37. The topological polar surface area (TPSA) is 21.3 Å². The SMILES string of the molecule is CCNC1CCCCCC1Oc1cc(F)ccc1C. The van der Waals surface area contributed by atoms with Gasteiger partial charge in [-0.2, -0.15) is 0 Å². The van der Waals surface area contributed by atoms with Crippen LogP contribution < -0.4 is 10.1 Å². The van der Waals surface area contributed by atoms with Crippen molar-refractivity contribution in [3.63, 3.8) is 0 Å². The summed E-state index contributed by atoms with van der Waals surface area (Å²) in [6.07, 6.45) is 6.06. The number of hydrogen-bond donors (Lipinski definition) is 1. The molecule has 0 radical (unpaired) electrons. The Morgan fingerprint density at radius 1 is 1.26 bits per heavy atom. The Kier molecular flexibility index (Phi) is 5.20. The minimum atomic E-state index is -0.228. The van der Waals surface area contributed by atoms with Gasteiger partial charge in [-0.05, 0) is 44.4 Å². The van der Waals surface area contributed by atoms with Crippen molar-refractivity contribution in [1.29, 1.82) is 0 Å². The predicted octanol–water partition coefficient (Wildman–Crippen LogP) is 3.82. The van der Waals surface area contributed by atoms with Crippen LogP contribution in [-0.4, -0.2) is 18.7 Å². The molecule has 1 saturated carbocycles. The molecule has 2 atom stereocenters. The summed E-state index contributed by atoms with van der Waals surface area (Å²) in [6.45, 7) is 5.04. The fourth-order valence-corrected chi connectivity index (χ4v) is 2.77. The van der Waals surface area contributed by atoms with Gasteiger partial charge in [0.2, 0.25) is 0 Å². The van der Waals surface area contributed by atoms with Gasteiger partial charge in [-0.3, -0.25) is 0 Å². The van der Waals surface area contributed by atoms with Crippen LogP contribution in [-0.2, 0) is 0 Å². The maximum atomic E-state index is 13.3. The van der Waals surface area contributed by atoms with Gasteiger partial charge < -0.3 is 10.1 Å². The number of nitrogens with one attached hydrogen (secondary N) is 1. The molecule has 0 aromatic heterocycles. The van der Waals surface area contributed by atoms with Crippen molar-refractivity contribution >= 4 is 0 Å². The van der Waals surface area contributed by atoms with E-state index in [-0.39, 0.29) is 11.9 Å². The van der Waals surface area contributed by atoms with E-state index in [9.17, 15) is 4.39 Å². The predicted molar refractivity (Wildman–Crippen MR) is 76.1 cm³/mol. The first-order chi connectivity index (χ1) is 9.20. The minimum absolute atomic E-state index is 0.156. The number of rotatable bonds is 4. The second-order valence-corrected chi connectivity index (χ2v) is 5.37. The molecule has 2 rings (SSSR count). The Labute approximate surface area is 115 Å². The van der Waals surface area contributed by atoms with Gasteiger partial charge in [0, 0.05) is 12.1 Å². The van der Waals surface area contributed by atoms with Crippen molar-refractivity contribution in [2.45, 2.75) is 58.1 Å². The molecular weight excluding hydrogens is 241 g/mol. The van der Waals surface area contributed by atoms with Crippen LogP contribution in [0.4, 0.5) is 4.39 Å². The number of halogens is 1. The molecule has 0 aliphatic heterocycles. The van der Waals surface area contributed by atoms with E-state index in [2.05, 4.69) is 12.2 Å². The van der Waals surface area contributed by atoms with Gasteiger partial charge in [-0.15, -0.1) is 0 Å². The molecule has 106 valence electrons. The Balaban J connectivity index is 2.11. The van der Waals surface area contributed by atoms with Crippen molar-refractivity contribution < 1.29 is 9.13 Å². The zero-order chi connectivity index (χ0) is 13.7. The molecule has 0 saturated heterocycles. The van der Waals surface area contributed by atoms with Crippen molar-refractivity contribution in [3.05, 3.63) is 29.6 Å². The summed E-state index contributed by atoms with van der Waals surface area (Å²) in [5.41, 5.74) is 1.00. The normalized spacial score (nSPS) is 23.9. The highest BCUT2D eigenvalue weighted by Crippen LogP contribution is 2.26. The quantitative estimate of drug-likeness (QED) is 0.836. The van der Waals surface area contributed by atoms with Crippen LogP contribution in [0.15, 0.2) is 18.2 Å². The van der Waals surface area contributed by atoms with Crippen LogP contribution in [0.1, 0.15) is 44.6 Å². The van der Waals surface area contributed by atoms with Crippen molar-refractivity contribution in [2.75, 3.05) is 6.54 Å². The maximum absolute atomic E-state index is 13.3. The molecule has 1 aromatic carbocycles. The molecule has 2 unspecified atom stereocenters. The van der Waals surface area contributed by atoms with Gasteiger partial charge in [0.1, 0.15) is 17.7 Å². The molecule has 19 heavy (non-hydrogen) atoms. The molecule has 1 N–H and O–H groups in total. The first-order valence-electron chi connectivity index (χ1n) is 7.37. The highest BCUT2D eigenvalue weighted by Gasteiger charge is 2.25. The fourth-order valence-electron chi connectivity index (χ4n) is 2.77. The highest BCUT2D eigenvalue weighted by atomic mass is 19.1. The lowest BCUT2D eigenvalue weighted by Crippen LogP contribution is -2.42. The molecule has 0 bridgehead atoms. The van der Waals surface area contributed by atoms with Gasteiger partial charge in [0.25, 0.3) is 0 Å². The molecule has 1 fully saturated rings. The third-order valence-corrected chi connectivity index (χ3v) is 3.85. The molecular formula is C16H24FNO. The summed E-state index contributed by atoms with van der Waals surface area (Å²) in [7, 11) is 0. The largest absolute Gasteiger partial charge is 0.488 e. The Morgan fingerprint density at radius 2 is 2.05 bits per heavy atom. The van der Waals surface area contributed by atoms with Crippen LogP contribution in [0.2, 0.25) is 0 Å². The van der Waals surface area contributed by atoms with E-state index in [1.165, 1.54) is 31.4 Å². The molecule has 0 heterocycles. The third-order valence-electron chi connectivity index (χ3n) is 3.85. The second-order valence-electron chi connectivity index (χ2n) is 5.37. The van der Waals surface area contributed by atoms with Gasteiger partial charge in [0.05, 0.1) is 0 Å². The van der Waals surface area contributed by atoms with Gasteiger partial charge >= 0.3 is 0 Å². The Hall–Kier alpha value is -1.09. The van der Waals surface area contributed by atoms with E-state index in [4.69, 9.17) is 4.74 Å². The van der Waals surface area contributed by atoms with E-state index in [0.29, 0.717) is 11.8 Å². The molecule has 1 aliphatic carbocycles. The van der Waals surface area contributed by atoms with Crippen LogP contribution in [0.5, 0.6) is 5.75 Å². The number of benzene rings is 1. The Bertz CT molecular complexity index is 408. The van der Waals surface area contributed by atoms with Gasteiger partial charge in [-0.1, -0.05) is 25.8 Å². The highest BCUT2D eigenvalue weighted by molar-refractivity contribution is 5.33. The van der Waals surface area contributed by atoms with Crippen LogP contribution in [0.25, 0.3) is 0 Å². The summed E-state index contributed by atoms with van der Waals surface area (Å²) in [6, 6.07) is 5.15. The number of ether oxygens (including phenoxy) is 1. The van der Waals surface area contributed by atoms with Crippen LogP contribution in [0, 0.1) is 12.7 Å². The standard InChI is InChI=1S/C16H24FNO/c1-3-18-14-7-5-4-6-8-15(14)19-16-11-13(17)10-9-12(16)2/h9-11,14-15,18H,3-8H2,1-2H3. The summed E-state index contributed by atoms with van der Waals surface area (Å²) in [5.74, 6) is 0.462. The van der Waals surface area contributed by atoms with E-state index < -0.39 is 0 Å². The number of aryl methyl sites for hydroxylation is 1. The summed E-state index contributed by atoms with van der Waals surface area (Å²) < 4.78 is 19.4. The summed E-state index contributed by atoms with van der Waals surface area (Å²) in [5, 5.41) is 3.51. The third kappa shape index (κ3) is 3.93. The fraction of sp³-hybridized carbons (Fsp3) is 0.625. The van der Waals surface area contributed by atoms with Crippen LogP contribution in [0.3, 0.4) is 0 Å². The van der Waals surface area contributed by atoms with E-state index in [0.717, 1.165) is 24.9 Å². The molecule has 1 aliphatic rings.